The van der Waals surface area contributed by atoms with E-state index in [-0.39, 0.29) is 5.69 Å². The zero-order valence-electron chi connectivity index (χ0n) is 15.6. The molecule has 0 N–H and O–H groups in total. The molecule has 0 atom stereocenters. The average Bonchev–Trinajstić information content (AvgIpc) is 2.82. The van der Waals surface area contributed by atoms with Gasteiger partial charge in [0.05, 0.1) is 22.2 Å². The smallest absolute Gasteiger partial charge is 0.457 e. The molecule has 27 heavy (non-hydrogen) atoms. The number of rotatable bonds is 5. The van der Waals surface area contributed by atoms with Crippen molar-refractivity contribution >= 4 is 24.6 Å². The minimum Gasteiger partial charge on any atom is -0.457 e. The van der Waals surface area contributed by atoms with Crippen LogP contribution in [0.5, 0.6) is 11.5 Å². The molecule has 1 heterocycles. The van der Waals surface area contributed by atoms with E-state index in [0.29, 0.717) is 22.5 Å². The maximum atomic E-state index is 11.5. The Labute approximate surface area is 157 Å². The molecular weight excluding hydrogens is 349 g/mol. The van der Waals surface area contributed by atoms with E-state index in [1.807, 2.05) is 27.7 Å². The quantitative estimate of drug-likeness (QED) is 0.347. The monoisotopic (exact) mass is 369 g/mol. The fraction of sp³-hybridized carbons (Fsp3) is 0.316. The van der Waals surface area contributed by atoms with E-state index in [0.717, 1.165) is 6.29 Å². The number of non-ortho nitro benzene ring substituents is 1. The van der Waals surface area contributed by atoms with Gasteiger partial charge in [-0.1, -0.05) is 6.07 Å². The summed E-state index contributed by atoms with van der Waals surface area (Å²) in [6.45, 7) is 7.71. The van der Waals surface area contributed by atoms with Gasteiger partial charge in [-0.25, -0.2) is 0 Å². The SMILES string of the molecule is CC1(C)OB(c2cc(Oc3cccc([N+](=O)[O-])c3)ccc2C=O)OC1(C)C. The van der Waals surface area contributed by atoms with Gasteiger partial charge in [-0.05, 0) is 57.4 Å². The Morgan fingerprint density at radius 2 is 1.67 bits per heavy atom. The highest BCUT2D eigenvalue weighted by atomic mass is 16.7. The fourth-order valence-corrected chi connectivity index (χ4v) is 2.69. The van der Waals surface area contributed by atoms with Crippen LogP contribution in [0.1, 0.15) is 38.1 Å². The normalized spacial score (nSPS) is 17.6. The molecule has 0 radical (unpaired) electrons. The second-order valence-corrected chi connectivity index (χ2v) is 7.35. The van der Waals surface area contributed by atoms with Gasteiger partial charge in [0.25, 0.3) is 5.69 Å². The summed E-state index contributed by atoms with van der Waals surface area (Å²) in [7, 11) is -0.719. The van der Waals surface area contributed by atoms with Crippen LogP contribution in [-0.4, -0.2) is 29.5 Å². The zero-order valence-corrected chi connectivity index (χ0v) is 15.6. The van der Waals surface area contributed by atoms with Gasteiger partial charge in [-0.3, -0.25) is 14.9 Å². The second-order valence-electron chi connectivity index (χ2n) is 7.35. The molecule has 0 spiro atoms. The van der Waals surface area contributed by atoms with Crippen LogP contribution in [0.2, 0.25) is 0 Å². The van der Waals surface area contributed by atoms with Crippen LogP contribution in [0.4, 0.5) is 5.69 Å². The molecule has 1 saturated heterocycles. The minimum absolute atomic E-state index is 0.0665. The van der Waals surface area contributed by atoms with Crippen LogP contribution in [0, 0.1) is 10.1 Å². The molecule has 140 valence electrons. The van der Waals surface area contributed by atoms with Gasteiger partial charge in [0.1, 0.15) is 17.8 Å². The zero-order chi connectivity index (χ0) is 19.8. The van der Waals surface area contributed by atoms with Gasteiger partial charge in [0.15, 0.2) is 0 Å². The number of benzene rings is 2. The number of aldehydes is 1. The Kier molecular flexibility index (Phi) is 4.80. The van der Waals surface area contributed by atoms with Crippen molar-refractivity contribution in [3.8, 4) is 11.5 Å². The third kappa shape index (κ3) is 3.72. The number of nitro groups is 1. The highest BCUT2D eigenvalue weighted by Gasteiger charge is 2.52. The third-order valence-electron chi connectivity index (χ3n) is 4.96. The molecule has 7 nitrogen and oxygen atoms in total. The summed E-state index contributed by atoms with van der Waals surface area (Å²) in [6.07, 6.45) is 0.734. The van der Waals surface area contributed by atoms with Crippen LogP contribution >= 0.6 is 0 Å². The molecule has 2 aromatic rings. The number of carbonyl (C=O) groups is 1. The van der Waals surface area contributed by atoms with Gasteiger partial charge in [-0.2, -0.15) is 0 Å². The maximum Gasteiger partial charge on any atom is 0.495 e. The highest BCUT2D eigenvalue weighted by Crippen LogP contribution is 2.37. The number of hydrogen-bond donors (Lipinski definition) is 0. The molecule has 0 amide bonds. The number of carbonyl (C=O) groups excluding carboxylic acids is 1. The van der Waals surface area contributed by atoms with Crippen molar-refractivity contribution in [1.29, 1.82) is 0 Å². The van der Waals surface area contributed by atoms with E-state index in [1.54, 1.807) is 30.3 Å². The third-order valence-corrected chi connectivity index (χ3v) is 4.96. The van der Waals surface area contributed by atoms with Crippen LogP contribution in [-0.2, 0) is 9.31 Å². The van der Waals surface area contributed by atoms with Gasteiger partial charge >= 0.3 is 7.12 Å². The largest absolute Gasteiger partial charge is 0.495 e. The van der Waals surface area contributed by atoms with Crippen LogP contribution < -0.4 is 10.2 Å². The Morgan fingerprint density at radius 1 is 1.04 bits per heavy atom. The van der Waals surface area contributed by atoms with Crippen LogP contribution in [0.25, 0.3) is 0 Å². The molecule has 8 heteroatoms. The van der Waals surface area contributed by atoms with Gasteiger partial charge < -0.3 is 14.0 Å². The molecule has 0 saturated carbocycles. The first kappa shape index (κ1) is 19.1. The standard InChI is InChI=1S/C19H20BNO6/c1-18(2)19(3,4)27-20(26-18)17-11-16(9-8-13(17)12-22)25-15-7-5-6-14(10-15)21(23)24/h5-12H,1-4H3. The number of hydrogen-bond acceptors (Lipinski definition) is 6. The summed E-state index contributed by atoms with van der Waals surface area (Å²) in [5.41, 5.74) is -0.182. The van der Waals surface area contributed by atoms with E-state index in [4.69, 9.17) is 14.0 Å². The summed E-state index contributed by atoms with van der Waals surface area (Å²) >= 11 is 0. The van der Waals surface area contributed by atoms with Crippen molar-refractivity contribution in [2.45, 2.75) is 38.9 Å². The predicted molar refractivity (Wildman–Crippen MR) is 101 cm³/mol. The van der Waals surface area contributed by atoms with Gasteiger partial charge in [-0.15, -0.1) is 0 Å². The maximum absolute atomic E-state index is 11.5. The van der Waals surface area contributed by atoms with Gasteiger partial charge in [0, 0.05) is 11.6 Å². The number of nitrogens with zero attached hydrogens (tertiary/aromatic N) is 1. The molecule has 1 aliphatic heterocycles. The molecule has 2 aromatic carbocycles. The second kappa shape index (κ2) is 6.79. The molecule has 0 bridgehead atoms. The molecule has 0 aliphatic carbocycles. The lowest BCUT2D eigenvalue weighted by Gasteiger charge is -2.32. The van der Waals surface area contributed by atoms with Crippen LogP contribution in [0.3, 0.4) is 0 Å². The average molecular weight is 369 g/mol. The Bertz CT molecular complexity index is 880. The Morgan fingerprint density at radius 3 is 2.26 bits per heavy atom. The Hall–Kier alpha value is -2.71. The summed E-state index contributed by atoms with van der Waals surface area (Å²) in [6, 6.07) is 10.8. The molecule has 1 aliphatic rings. The van der Waals surface area contributed by atoms with Crippen molar-refractivity contribution < 1.29 is 23.8 Å². The summed E-state index contributed by atoms with van der Waals surface area (Å²) in [5.74, 6) is 0.744. The Balaban J connectivity index is 1.92. The van der Waals surface area contributed by atoms with E-state index >= 15 is 0 Å². The van der Waals surface area contributed by atoms with E-state index in [1.165, 1.54) is 12.1 Å². The molecular formula is C19H20BNO6. The molecule has 1 fully saturated rings. The number of nitro benzene ring substituents is 1. The van der Waals surface area contributed by atoms with Crippen molar-refractivity contribution in [2.75, 3.05) is 0 Å². The lowest BCUT2D eigenvalue weighted by molar-refractivity contribution is -0.384. The van der Waals surface area contributed by atoms with E-state index in [2.05, 4.69) is 0 Å². The topological polar surface area (TPSA) is 87.9 Å². The molecule has 0 unspecified atom stereocenters. The lowest BCUT2D eigenvalue weighted by atomic mass is 9.76. The summed E-state index contributed by atoms with van der Waals surface area (Å²) in [4.78, 5) is 21.9. The first-order valence-corrected chi connectivity index (χ1v) is 8.50. The molecule has 0 aromatic heterocycles. The molecule has 3 rings (SSSR count). The van der Waals surface area contributed by atoms with E-state index in [9.17, 15) is 14.9 Å². The predicted octanol–water partition coefficient (Wildman–Crippen LogP) is 3.50. The van der Waals surface area contributed by atoms with E-state index < -0.39 is 23.2 Å². The van der Waals surface area contributed by atoms with Crippen molar-refractivity contribution in [2.24, 2.45) is 0 Å². The first-order chi connectivity index (χ1) is 12.6. The van der Waals surface area contributed by atoms with Gasteiger partial charge in [0.2, 0.25) is 0 Å². The van der Waals surface area contributed by atoms with Crippen molar-refractivity contribution in [3.63, 3.8) is 0 Å². The van der Waals surface area contributed by atoms with Crippen LogP contribution in [0.15, 0.2) is 42.5 Å². The number of ether oxygens (including phenoxy) is 1. The minimum atomic E-state index is -0.719. The summed E-state index contributed by atoms with van der Waals surface area (Å²) < 4.78 is 17.8. The summed E-state index contributed by atoms with van der Waals surface area (Å²) in [5, 5.41) is 10.9. The van der Waals surface area contributed by atoms with Crippen molar-refractivity contribution in [1.82, 2.24) is 0 Å². The lowest BCUT2D eigenvalue weighted by Crippen LogP contribution is -2.41. The first-order valence-electron chi connectivity index (χ1n) is 8.50. The van der Waals surface area contributed by atoms with Crippen molar-refractivity contribution in [3.05, 3.63) is 58.1 Å². The highest BCUT2D eigenvalue weighted by molar-refractivity contribution is 6.63. The fourth-order valence-electron chi connectivity index (χ4n) is 2.69.